The van der Waals surface area contributed by atoms with Gasteiger partial charge in [0.25, 0.3) is 0 Å². The lowest BCUT2D eigenvalue weighted by molar-refractivity contribution is -0.126. The topological polar surface area (TPSA) is 116 Å². The van der Waals surface area contributed by atoms with Crippen molar-refractivity contribution in [2.75, 3.05) is 26.3 Å². The zero-order valence-electron chi connectivity index (χ0n) is 24.5. The van der Waals surface area contributed by atoms with Gasteiger partial charge in [-0.2, -0.15) is 0 Å². The van der Waals surface area contributed by atoms with Crippen LogP contribution in [-0.2, 0) is 26.1 Å². The highest BCUT2D eigenvalue weighted by Gasteiger charge is 2.30. The van der Waals surface area contributed by atoms with Crippen LogP contribution in [-0.4, -0.2) is 61.5 Å². The van der Waals surface area contributed by atoms with Gasteiger partial charge in [-0.1, -0.05) is 54.6 Å². The van der Waals surface area contributed by atoms with Gasteiger partial charge in [0.1, 0.15) is 5.82 Å². The molecule has 1 saturated carbocycles. The number of carbonyl (C=O) groups is 1. The number of nitrogens with one attached hydrogen (secondary N) is 3. The average Bonchev–Trinajstić information content (AvgIpc) is 3.46. The lowest BCUT2D eigenvalue weighted by Gasteiger charge is -2.29. The number of hydrogen-bond donors (Lipinski definition) is 3. The number of benzene rings is 3. The van der Waals surface area contributed by atoms with E-state index in [1.54, 1.807) is 18.2 Å². The van der Waals surface area contributed by atoms with Crippen LogP contribution in [0, 0.1) is 5.92 Å². The van der Waals surface area contributed by atoms with Gasteiger partial charge in [0, 0.05) is 37.2 Å². The lowest BCUT2D eigenvalue weighted by atomic mass is 9.85. The molecule has 2 aliphatic rings. The SMILES string of the molecule is C[C@@H](NC(=O)C1CCC(NS(=O)(=O)c2ccc3nc(-c4ccc(CN5CCOCC5)cc4)[nH]c3c2)CC1)c1ccccc1. The van der Waals surface area contributed by atoms with Crippen LogP contribution in [0.5, 0.6) is 0 Å². The minimum Gasteiger partial charge on any atom is -0.379 e. The van der Waals surface area contributed by atoms with Gasteiger partial charge in [0.15, 0.2) is 0 Å². The van der Waals surface area contributed by atoms with Crippen molar-refractivity contribution >= 4 is 27.0 Å². The summed E-state index contributed by atoms with van der Waals surface area (Å²) in [6.07, 6.45) is 2.54. The maximum Gasteiger partial charge on any atom is 0.240 e. The van der Waals surface area contributed by atoms with E-state index >= 15 is 0 Å². The summed E-state index contributed by atoms with van der Waals surface area (Å²) in [4.78, 5) is 23.4. The molecule has 9 nitrogen and oxygen atoms in total. The van der Waals surface area contributed by atoms with Crippen LogP contribution in [0.3, 0.4) is 0 Å². The van der Waals surface area contributed by atoms with Crippen LogP contribution in [0.25, 0.3) is 22.4 Å². The second-order valence-electron chi connectivity index (χ2n) is 11.7. The second kappa shape index (κ2) is 13.0. The van der Waals surface area contributed by atoms with Crippen LogP contribution in [0.2, 0.25) is 0 Å². The molecule has 2 heterocycles. The number of aromatic amines is 1. The molecule has 1 aliphatic heterocycles. The maximum absolute atomic E-state index is 13.3. The third kappa shape index (κ3) is 7.15. The highest BCUT2D eigenvalue weighted by Crippen LogP contribution is 2.28. The highest BCUT2D eigenvalue weighted by molar-refractivity contribution is 7.89. The zero-order chi connectivity index (χ0) is 29.8. The number of rotatable bonds is 9. The Balaban J connectivity index is 1.05. The third-order valence-corrected chi connectivity index (χ3v) is 10.1. The minimum absolute atomic E-state index is 0.0323. The Labute approximate surface area is 253 Å². The minimum atomic E-state index is -3.73. The number of carbonyl (C=O) groups excluding carboxylic acids is 1. The maximum atomic E-state index is 13.3. The van der Waals surface area contributed by atoms with E-state index in [2.05, 4.69) is 32.1 Å². The summed E-state index contributed by atoms with van der Waals surface area (Å²) >= 11 is 0. The van der Waals surface area contributed by atoms with Gasteiger partial charge in [-0.15, -0.1) is 0 Å². The largest absolute Gasteiger partial charge is 0.379 e. The van der Waals surface area contributed by atoms with E-state index in [0.717, 1.165) is 44.0 Å². The Morgan fingerprint density at radius 2 is 1.72 bits per heavy atom. The Morgan fingerprint density at radius 3 is 2.44 bits per heavy atom. The predicted molar refractivity (Wildman–Crippen MR) is 167 cm³/mol. The van der Waals surface area contributed by atoms with Crippen molar-refractivity contribution in [3.8, 4) is 11.4 Å². The van der Waals surface area contributed by atoms with Gasteiger partial charge < -0.3 is 15.0 Å². The number of nitrogens with zero attached hydrogens (tertiary/aromatic N) is 2. The van der Waals surface area contributed by atoms with Gasteiger partial charge in [0.2, 0.25) is 15.9 Å². The molecule has 0 unspecified atom stereocenters. The first kappa shape index (κ1) is 29.5. The van der Waals surface area contributed by atoms with E-state index in [0.29, 0.717) is 42.5 Å². The van der Waals surface area contributed by atoms with Crippen molar-refractivity contribution in [3.63, 3.8) is 0 Å². The highest BCUT2D eigenvalue weighted by atomic mass is 32.2. The molecular weight excluding hydrogens is 562 g/mol. The van der Waals surface area contributed by atoms with Gasteiger partial charge >= 0.3 is 0 Å². The Kier molecular flexibility index (Phi) is 8.90. The molecule has 1 saturated heterocycles. The van der Waals surface area contributed by atoms with Gasteiger partial charge in [0.05, 0.1) is 35.2 Å². The molecule has 2 fully saturated rings. The predicted octanol–water partition coefficient (Wildman–Crippen LogP) is 4.78. The van der Waals surface area contributed by atoms with E-state index < -0.39 is 10.0 Å². The number of hydrogen-bond acceptors (Lipinski definition) is 6. The van der Waals surface area contributed by atoms with E-state index in [9.17, 15) is 13.2 Å². The van der Waals surface area contributed by atoms with Gasteiger partial charge in [-0.3, -0.25) is 9.69 Å². The average molecular weight is 602 g/mol. The molecule has 0 radical (unpaired) electrons. The smallest absolute Gasteiger partial charge is 0.240 e. The molecule has 1 amide bonds. The monoisotopic (exact) mass is 601 g/mol. The van der Waals surface area contributed by atoms with Gasteiger partial charge in [-0.25, -0.2) is 18.1 Å². The molecular formula is C33H39N5O4S. The first-order chi connectivity index (χ1) is 20.8. The van der Waals surface area contributed by atoms with Crippen LogP contribution in [0.15, 0.2) is 77.7 Å². The summed E-state index contributed by atoms with van der Waals surface area (Å²) in [6, 6.07) is 22.9. The normalized spacial score (nSPS) is 20.6. The zero-order valence-corrected chi connectivity index (χ0v) is 25.3. The Bertz CT molecular complexity index is 1640. The van der Waals surface area contributed by atoms with Crippen LogP contribution < -0.4 is 10.0 Å². The number of ether oxygens (including phenoxy) is 1. The Morgan fingerprint density at radius 1 is 1.00 bits per heavy atom. The molecule has 226 valence electrons. The first-order valence-electron chi connectivity index (χ1n) is 15.1. The molecule has 6 rings (SSSR count). The molecule has 43 heavy (non-hydrogen) atoms. The number of aromatic nitrogens is 2. The lowest BCUT2D eigenvalue weighted by Crippen LogP contribution is -2.41. The summed E-state index contributed by atoms with van der Waals surface area (Å²) in [5, 5.41) is 3.11. The van der Waals surface area contributed by atoms with Gasteiger partial charge in [-0.05, 0) is 61.9 Å². The fourth-order valence-corrected chi connectivity index (χ4v) is 7.33. The van der Waals surface area contributed by atoms with E-state index in [1.807, 2.05) is 49.4 Å². The molecule has 0 bridgehead atoms. The molecule has 10 heteroatoms. The molecule has 4 aromatic rings. The van der Waals surface area contributed by atoms with Crippen LogP contribution >= 0.6 is 0 Å². The van der Waals surface area contributed by atoms with Crippen molar-refractivity contribution in [1.82, 2.24) is 24.9 Å². The number of morpholine rings is 1. The number of sulfonamides is 1. The fourth-order valence-electron chi connectivity index (χ4n) is 6.00. The summed E-state index contributed by atoms with van der Waals surface area (Å²) < 4.78 is 34.9. The summed E-state index contributed by atoms with van der Waals surface area (Å²) in [5.74, 6) is 0.624. The second-order valence-corrected chi connectivity index (χ2v) is 13.4. The van der Waals surface area contributed by atoms with Crippen molar-refractivity contribution in [2.24, 2.45) is 5.92 Å². The van der Waals surface area contributed by atoms with Crippen LogP contribution in [0.1, 0.15) is 49.8 Å². The number of amides is 1. The fraction of sp³-hybridized carbons (Fsp3) is 0.394. The molecule has 1 aromatic heterocycles. The van der Waals surface area contributed by atoms with E-state index in [4.69, 9.17) is 9.72 Å². The van der Waals surface area contributed by atoms with Crippen molar-refractivity contribution < 1.29 is 17.9 Å². The molecule has 3 N–H and O–H groups in total. The molecule has 1 atom stereocenters. The molecule has 3 aromatic carbocycles. The first-order valence-corrected chi connectivity index (χ1v) is 16.6. The third-order valence-electron chi connectivity index (χ3n) is 8.58. The van der Waals surface area contributed by atoms with Crippen molar-refractivity contribution in [2.45, 2.75) is 56.1 Å². The number of H-pyrrole nitrogens is 1. The number of imidazole rings is 1. The summed E-state index contributed by atoms with van der Waals surface area (Å²) in [7, 11) is -3.73. The van der Waals surface area contributed by atoms with Crippen molar-refractivity contribution in [3.05, 3.63) is 83.9 Å². The molecule has 1 aliphatic carbocycles. The molecule has 0 spiro atoms. The standard InChI is InChI=1S/C33H39N5O4S/c1-23(25-5-3-2-4-6-25)34-33(39)27-11-13-28(14-12-27)37-43(40,41)29-15-16-30-31(21-29)36-32(35-30)26-9-7-24(8-10-26)22-38-17-19-42-20-18-38/h2-10,15-16,21,23,27-28,37H,11-14,17-20,22H2,1H3,(H,34,39)(H,35,36)/t23-,27?,28?/m1/s1. The quantitative estimate of drug-likeness (QED) is 0.254. The Hall–Kier alpha value is -3.57. The summed E-state index contributed by atoms with van der Waals surface area (Å²) in [6.45, 7) is 6.31. The van der Waals surface area contributed by atoms with E-state index in [1.165, 1.54) is 5.56 Å². The van der Waals surface area contributed by atoms with E-state index in [-0.39, 0.29) is 28.8 Å². The number of fused-ring (bicyclic) bond motifs is 1. The van der Waals surface area contributed by atoms with Crippen LogP contribution in [0.4, 0.5) is 0 Å². The van der Waals surface area contributed by atoms with Crippen molar-refractivity contribution in [1.29, 1.82) is 0 Å². The summed E-state index contributed by atoms with van der Waals surface area (Å²) in [5.41, 5.74) is 4.63.